The number of benzene rings is 1. The molecule has 1 aromatic rings. The standard InChI is InChI=1S/C10H10F2N2/c11-7-5-8(12)10(6-9(7)13)14-3-1-2-4-14/h1-2,5-6H,3-4,13H2. The van der Waals surface area contributed by atoms with Crippen LogP contribution in [0, 0.1) is 11.6 Å². The number of rotatable bonds is 1. The first-order valence-corrected chi connectivity index (χ1v) is 4.33. The van der Waals surface area contributed by atoms with Gasteiger partial charge in [0.15, 0.2) is 0 Å². The predicted octanol–water partition coefficient (Wildman–Crippen LogP) is 1.92. The van der Waals surface area contributed by atoms with E-state index < -0.39 is 11.6 Å². The van der Waals surface area contributed by atoms with Gasteiger partial charge in [0.2, 0.25) is 0 Å². The summed E-state index contributed by atoms with van der Waals surface area (Å²) < 4.78 is 26.2. The Bertz CT molecular complexity index is 380. The van der Waals surface area contributed by atoms with Crippen molar-refractivity contribution in [3.05, 3.63) is 35.9 Å². The van der Waals surface area contributed by atoms with Crippen LogP contribution >= 0.6 is 0 Å². The number of nitrogen functional groups attached to an aromatic ring is 1. The smallest absolute Gasteiger partial charge is 0.149 e. The molecule has 14 heavy (non-hydrogen) atoms. The first-order valence-electron chi connectivity index (χ1n) is 4.33. The van der Waals surface area contributed by atoms with Crippen molar-refractivity contribution >= 4 is 11.4 Å². The summed E-state index contributed by atoms with van der Waals surface area (Å²) >= 11 is 0. The summed E-state index contributed by atoms with van der Waals surface area (Å²) in [5.74, 6) is -1.28. The van der Waals surface area contributed by atoms with E-state index >= 15 is 0 Å². The fourth-order valence-corrected chi connectivity index (χ4v) is 1.47. The molecule has 1 heterocycles. The SMILES string of the molecule is Nc1cc(N2CC=CC2)c(F)cc1F. The van der Waals surface area contributed by atoms with E-state index in [1.165, 1.54) is 6.07 Å². The zero-order valence-electron chi connectivity index (χ0n) is 7.50. The average Bonchev–Trinajstić information content (AvgIpc) is 2.64. The van der Waals surface area contributed by atoms with E-state index in [9.17, 15) is 8.78 Å². The Morgan fingerprint density at radius 1 is 1.07 bits per heavy atom. The van der Waals surface area contributed by atoms with Crippen LogP contribution in [-0.4, -0.2) is 13.1 Å². The summed E-state index contributed by atoms with van der Waals surface area (Å²) in [6.07, 6.45) is 3.86. The van der Waals surface area contributed by atoms with Crippen molar-refractivity contribution < 1.29 is 8.78 Å². The van der Waals surface area contributed by atoms with Gasteiger partial charge in [-0.25, -0.2) is 8.78 Å². The van der Waals surface area contributed by atoms with Crippen LogP contribution in [0.3, 0.4) is 0 Å². The molecular formula is C10H10F2N2. The lowest BCUT2D eigenvalue weighted by Crippen LogP contribution is -2.20. The van der Waals surface area contributed by atoms with Gasteiger partial charge in [-0.1, -0.05) is 12.2 Å². The Labute approximate surface area is 80.6 Å². The maximum absolute atomic E-state index is 13.3. The molecule has 1 aromatic carbocycles. The number of hydrogen-bond acceptors (Lipinski definition) is 2. The summed E-state index contributed by atoms with van der Waals surface area (Å²) in [5.41, 5.74) is 5.70. The van der Waals surface area contributed by atoms with Crippen molar-refractivity contribution in [1.29, 1.82) is 0 Å². The van der Waals surface area contributed by atoms with Gasteiger partial charge in [-0.3, -0.25) is 0 Å². The molecule has 74 valence electrons. The molecule has 0 aromatic heterocycles. The van der Waals surface area contributed by atoms with Gasteiger partial charge in [-0.2, -0.15) is 0 Å². The van der Waals surface area contributed by atoms with Crippen LogP contribution in [0.5, 0.6) is 0 Å². The second kappa shape index (κ2) is 3.29. The van der Waals surface area contributed by atoms with Crippen LogP contribution in [0.25, 0.3) is 0 Å². The normalized spacial score (nSPS) is 15.1. The van der Waals surface area contributed by atoms with Crippen molar-refractivity contribution in [3.8, 4) is 0 Å². The molecule has 0 saturated carbocycles. The fourth-order valence-electron chi connectivity index (χ4n) is 1.47. The lowest BCUT2D eigenvalue weighted by atomic mass is 10.2. The van der Waals surface area contributed by atoms with Gasteiger partial charge in [0.1, 0.15) is 11.6 Å². The van der Waals surface area contributed by atoms with Gasteiger partial charge >= 0.3 is 0 Å². The molecule has 0 amide bonds. The molecule has 0 unspecified atom stereocenters. The predicted molar refractivity (Wildman–Crippen MR) is 52.1 cm³/mol. The van der Waals surface area contributed by atoms with E-state index in [0.29, 0.717) is 18.8 Å². The summed E-state index contributed by atoms with van der Waals surface area (Å²) in [6.45, 7) is 1.28. The van der Waals surface area contributed by atoms with Crippen molar-refractivity contribution in [3.63, 3.8) is 0 Å². The molecule has 0 aliphatic carbocycles. The first kappa shape index (κ1) is 8.99. The number of nitrogens with zero attached hydrogens (tertiary/aromatic N) is 1. The van der Waals surface area contributed by atoms with Gasteiger partial charge in [0, 0.05) is 19.2 Å². The highest BCUT2D eigenvalue weighted by Crippen LogP contribution is 2.25. The Morgan fingerprint density at radius 3 is 2.36 bits per heavy atom. The van der Waals surface area contributed by atoms with E-state index in [4.69, 9.17) is 5.73 Å². The third-order valence-electron chi connectivity index (χ3n) is 2.23. The maximum atomic E-state index is 13.3. The molecule has 1 aliphatic rings. The van der Waals surface area contributed by atoms with Gasteiger partial charge < -0.3 is 10.6 Å². The number of anilines is 2. The van der Waals surface area contributed by atoms with Crippen LogP contribution in [0.1, 0.15) is 0 Å². The quantitative estimate of drug-likeness (QED) is 0.549. The first-order chi connectivity index (χ1) is 6.68. The Balaban J connectivity index is 2.38. The topological polar surface area (TPSA) is 29.3 Å². The minimum atomic E-state index is -0.710. The maximum Gasteiger partial charge on any atom is 0.149 e. The Hall–Kier alpha value is -1.58. The summed E-state index contributed by atoms with van der Waals surface area (Å²) in [5, 5.41) is 0. The number of hydrogen-bond donors (Lipinski definition) is 1. The van der Waals surface area contributed by atoms with Gasteiger partial charge in [-0.05, 0) is 6.07 Å². The summed E-state index contributed by atoms with van der Waals surface area (Å²) in [7, 11) is 0. The number of nitrogens with two attached hydrogens (primary N) is 1. The molecule has 0 bridgehead atoms. The second-order valence-corrected chi connectivity index (χ2v) is 3.20. The third-order valence-corrected chi connectivity index (χ3v) is 2.23. The van der Waals surface area contributed by atoms with Crippen LogP contribution in [-0.2, 0) is 0 Å². The van der Waals surface area contributed by atoms with Crippen molar-refractivity contribution in [2.45, 2.75) is 0 Å². The van der Waals surface area contributed by atoms with Crippen LogP contribution in [0.2, 0.25) is 0 Å². The Kier molecular flexibility index (Phi) is 2.11. The lowest BCUT2D eigenvalue weighted by Gasteiger charge is -2.18. The van der Waals surface area contributed by atoms with Crippen molar-refractivity contribution in [2.75, 3.05) is 23.7 Å². The summed E-state index contributed by atoms with van der Waals surface area (Å²) in [4.78, 5) is 1.78. The minimum absolute atomic E-state index is 0.0201. The largest absolute Gasteiger partial charge is 0.396 e. The molecule has 1 aliphatic heterocycles. The second-order valence-electron chi connectivity index (χ2n) is 3.20. The highest BCUT2D eigenvalue weighted by atomic mass is 19.1. The Morgan fingerprint density at radius 2 is 1.71 bits per heavy atom. The molecule has 0 saturated heterocycles. The molecule has 0 radical (unpaired) electrons. The molecule has 4 heteroatoms. The molecule has 2 rings (SSSR count). The molecule has 0 fully saturated rings. The zero-order chi connectivity index (χ0) is 10.1. The number of halogens is 2. The molecule has 2 nitrogen and oxygen atoms in total. The molecule has 2 N–H and O–H groups in total. The zero-order valence-corrected chi connectivity index (χ0v) is 7.50. The van der Waals surface area contributed by atoms with Crippen LogP contribution in [0.4, 0.5) is 20.2 Å². The highest BCUT2D eigenvalue weighted by Gasteiger charge is 2.14. The highest BCUT2D eigenvalue weighted by molar-refractivity contribution is 5.59. The summed E-state index contributed by atoms with van der Waals surface area (Å²) in [6, 6.07) is 2.15. The van der Waals surface area contributed by atoms with E-state index in [1.807, 2.05) is 12.2 Å². The van der Waals surface area contributed by atoms with Gasteiger partial charge in [-0.15, -0.1) is 0 Å². The van der Waals surface area contributed by atoms with Crippen LogP contribution in [0.15, 0.2) is 24.3 Å². The molecular weight excluding hydrogens is 186 g/mol. The fraction of sp³-hybridized carbons (Fsp3) is 0.200. The van der Waals surface area contributed by atoms with E-state index in [1.54, 1.807) is 4.90 Å². The van der Waals surface area contributed by atoms with Gasteiger partial charge in [0.05, 0.1) is 11.4 Å². The lowest BCUT2D eigenvalue weighted by molar-refractivity contribution is 0.584. The van der Waals surface area contributed by atoms with E-state index in [-0.39, 0.29) is 5.69 Å². The van der Waals surface area contributed by atoms with E-state index in [2.05, 4.69) is 0 Å². The van der Waals surface area contributed by atoms with E-state index in [0.717, 1.165) is 6.07 Å². The average molecular weight is 196 g/mol. The van der Waals surface area contributed by atoms with Crippen molar-refractivity contribution in [2.24, 2.45) is 0 Å². The third kappa shape index (κ3) is 1.43. The van der Waals surface area contributed by atoms with Gasteiger partial charge in [0.25, 0.3) is 0 Å². The molecule has 0 spiro atoms. The van der Waals surface area contributed by atoms with Crippen molar-refractivity contribution in [1.82, 2.24) is 0 Å². The monoisotopic (exact) mass is 196 g/mol. The minimum Gasteiger partial charge on any atom is -0.396 e. The molecule has 0 atom stereocenters. The van der Waals surface area contributed by atoms with Crippen LogP contribution < -0.4 is 10.6 Å².